The van der Waals surface area contributed by atoms with Gasteiger partial charge >= 0.3 is 0 Å². The van der Waals surface area contributed by atoms with Crippen LogP contribution in [0.2, 0.25) is 0 Å². The summed E-state index contributed by atoms with van der Waals surface area (Å²) in [6.45, 7) is 4.68. The number of hydrogen-bond donors (Lipinski definition) is 2. The number of aromatic nitrogens is 5. The molecule has 10 heteroatoms. The summed E-state index contributed by atoms with van der Waals surface area (Å²) in [4.78, 5) is 18.0. The maximum atomic E-state index is 12.8. The molecule has 2 aliphatic rings. The lowest BCUT2D eigenvalue weighted by atomic mass is 10.0. The quantitative estimate of drug-likeness (QED) is 0.607. The van der Waals surface area contributed by atoms with Gasteiger partial charge in [-0.05, 0) is 30.5 Å². The van der Waals surface area contributed by atoms with Crippen LogP contribution in [0.5, 0.6) is 5.75 Å². The summed E-state index contributed by atoms with van der Waals surface area (Å²) in [5.41, 5.74) is 2.75. The van der Waals surface area contributed by atoms with Crippen molar-refractivity contribution < 1.29 is 13.9 Å². The Balaban J connectivity index is 1.27. The zero-order valence-electron chi connectivity index (χ0n) is 19.2. The number of carbonyl (C=O) groups is 1. The van der Waals surface area contributed by atoms with E-state index in [2.05, 4.69) is 35.6 Å². The average molecular weight is 452 g/mol. The van der Waals surface area contributed by atoms with Crippen LogP contribution in [0.25, 0.3) is 11.5 Å². The molecule has 0 radical (unpaired) electrons. The van der Waals surface area contributed by atoms with Gasteiger partial charge in [-0.15, -0.1) is 20.4 Å². The van der Waals surface area contributed by atoms with Gasteiger partial charge in [0.2, 0.25) is 17.6 Å². The molecule has 2 aromatic heterocycles. The molecule has 1 atom stereocenters. The highest BCUT2D eigenvalue weighted by Gasteiger charge is 2.26. The fourth-order valence-electron chi connectivity index (χ4n) is 4.71. The Morgan fingerprint density at radius 2 is 2.00 bits per heavy atom. The predicted octanol–water partition coefficient (Wildman–Crippen LogP) is 2.83. The van der Waals surface area contributed by atoms with Gasteiger partial charge in [-0.1, -0.05) is 25.7 Å². The van der Waals surface area contributed by atoms with Crippen molar-refractivity contribution in [3.05, 3.63) is 35.2 Å². The van der Waals surface area contributed by atoms with Crippen LogP contribution in [-0.2, 0) is 6.42 Å². The highest BCUT2D eigenvalue weighted by Crippen LogP contribution is 2.37. The monoisotopic (exact) mass is 451 g/mol. The molecule has 1 aliphatic heterocycles. The van der Waals surface area contributed by atoms with E-state index in [1.165, 1.54) is 25.7 Å². The number of ether oxygens (including phenoxy) is 1. The molecule has 5 rings (SSSR count). The molecule has 3 aromatic rings. The van der Waals surface area contributed by atoms with Crippen LogP contribution in [0.4, 0.5) is 5.69 Å². The van der Waals surface area contributed by atoms with Gasteiger partial charge in [-0.25, -0.2) is 0 Å². The molecule has 1 aliphatic carbocycles. The molecular formula is C23H29N7O3. The van der Waals surface area contributed by atoms with Crippen LogP contribution in [-0.4, -0.2) is 57.5 Å². The number of H-pyrrole nitrogens is 1. The summed E-state index contributed by atoms with van der Waals surface area (Å²) in [6, 6.07) is 3.75. The lowest BCUT2D eigenvalue weighted by Gasteiger charge is -2.22. The lowest BCUT2D eigenvalue weighted by Crippen LogP contribution is -2.45. The van der Waals surface area contributed by atoms with Crippen LogP contribution >= 0.6 is 0 Å². The van der Waals surface area contributed by atoms with Crippen LogP contribution in [0.1, 0.15) is 53.6 Å². The third-order valence-electron chi connectivity index (χ3n) is 6.45. The fraction of sp³-hybridized carbons (Fsp3) is 0.522. The van der Waals surface area contributed by atoms with Gasteiger partial charge in [0, 0.05) is 32.5 Å². The van der Waals surface area contributed by atoms with E-state index in [4.69, 9.17) is 9.15 Å². The van der Waals surface area contributed by atoms with E-state index in [0.29, 0.717) is 30.9 Å². The van der Waals surface area contributed by atoms with Gasteiger partial charge in [-0.2, -0.15) is 0 Å². The Labute approximate surface area is 192 Å². The summed E-state index contributed by atoms with van der Waals surface area (Å²) < 4.78 is 11.7. The van der Waals surface area contributed by atoms with Crippen molar-refractivity contribution in [3.8, 4) is 17.2 Å². The summed E-state index contributed by atoms with van der Waals surface area (Å²) in [6.07, 6.45) is 5.86. The van der Waals surface area contributed by atoms with E-state index in [0.717, 1.165) is 34.8 Å². The van der Waals surface area contributed by atoms with Gasteiger partial charge in [0.1, 0.15) is 18.2 Å². The summed E-state index contributed by atoms with van der Waals surface area (Å²) in [7, 11) is 1.97. The zero-order valence-corrected chi connectivity index (χ0v) is 19.2. The number of benzene rings is 1. The van der Waals surface area contributed by atoms with E-state index in [1.54, 1.807) is 6.92 Å². The van der Waals surface area contributed by atoms with Gasteiger partial charge < -0.3 is 24.4 Å². The highest BCUT2D eigenvalue weighted by molar-refractivity contribution is 5.90. The minimum absolute atomic E-state index is 0.215. The summed E-state index contributed by atoms with van der Waals surface area (Å²) >= 11 is 0. The number of aryl methyl sites for hydroxylation is 2. The van der Waals surface area contributed by atoms with Crippen molar-refractivity contribution in [3.63, 3.8) is 0 Å². The van der Waals surface area contributed by atoms with Crippen LogP contribution in [0, 0.1) is 19.8 Å². The van der Waals surface area contributed by atoms with E-state index in [9.17, 15) is 4.79 Å². The Bertz CT molecular complexity index is 1150. The number of amides is 1. The number of likely N-dealkylation sites (N-methyl/N-ethyl adjacent to an activating group) is 1. The molecule has 0 spiro atoms. The van der Waals surface area contributed by atoms with Gasteiger partial charge in [-0.3, -0.25) is 4.79 Å². The van der Waals surface area contributed by atoms with Crippen molar-refractivity contribution in [2.75, 3.05) is 25.1 Å². The summed E-state index contributed by atoms with van der Waals surface area (Å²) in [5, 5.41) is 19.4. The van der Waals surface area contributed by atoms with Crippen LogP contribution in [0.3, 0.4) is 0 Å². The number of hydrogen-bond acceptors (Lipinski definition) is 8. The molecule has 1 amide bonds. The minimum atomic E-state index is -0.272. The van der Waals surface area contributed by atoms with Crippen LogP contribution < -0.4 is 15.0 Å². The molecule has 2 N–H and O–H groups in total. The Morgan fingerprint density at radius 3 is 2.76 bits per heavy atom. The molecule has 10 nitrogen and oxygen atoms in total. The standard InChI is InChI=1S/C23H29N7O3/c1-13-8-19-18(10-17(13)23-29-26-14(2)33-23)30(3)11-16(12-32-19)24-22(31)21-25-20(27-28-21)9-15-6-4-5-7-15/h8,10,15-16H,4-7,9,11-12H2,1-3H3,(H,24,31)(H,25,27,28). The van der Waals surface area contributed by atoms with Crippen molar-refractivity contribution >= 4 is 11.6 Å². The Hall–Kier alpha value is -3.43. The molecule has 3 heterocycles. The van der Waals surface area contributed by atoms with Gasteiger partial charge in [0.25, 0.3) is 5.91 Å². The van der Waals surface area contributed by atoms with Crippen molar-refractivity contribution in [2.24, 2.45) is 5.92 Å². The first-order chi connectivity index (χ1) is 16.0. The zero-order chi connectivity index (χ0) is 22.9. The molecule has 1 aromatic carbocycles. The molecular weight excluding hydrogens is 422 g/mol. The van der Waals surface area contributed by atoms with Crippen LogP contribution in [0.15, 0.2) is 16.5 Å². The Kier molecular flexibility index (Phi) is 5.74. The van der Waals surface area contributed by atoms with E-state index >= 15 is 0 Å². The fourth-order valence-corrected chi connectivity index (χ4v) is 4.71. The first kappa shape index (κ1) is 21.4. The number of aromatic amines is 1. The number of fused-ring (bicyclic) bond motifs is 1. The van der Waals surface area contributed by atoms with Crippen molar-refractivity contribution in [1.29, 1.82) is 0 Å². The molecule has 0 bridgehead atoms. The number of carbonyl (C=O) groups excluding carboxylic acids is 1. The second-order valence-corrected chi connectivity index (χ2v) is 9.10. The average Bonchev–Trinajstić information content (AvgIpc) is 3.53. The first-order valence-corrected chi connectivity index (χ1v) is 11.5. The number of rotatable bonds is 5. The maximum Gasteiger partial charge on any atom is 0.289 e. The molecule has 33 heavy (non-hydrogen) atoms. The molecule has 1 saturated carbocycles. The second-order valence-electron chi connectivity index (χ2n) is 9.10. The van der Waals surface area contributed by atoms with E-state index in [1.807, 2.05) is 26.1 Å². The third-order valence-corrected chi connectivity index (χ3v) is 6.45. The second kappa shape index (κ2) is 8.84. The lowest BCUT2D eigenvalue weighted by molar-refractivity contribution is 0.0915. The van der Waals surface area contributed by atoms with Gasteiger partial charge in [0.15, 0.2) is 0 Å². The Morgan fingerprint density at radius 1 is 1.18 bits per heavy atom. The molecule has 1 fully saturated rings. The van der Waals surface area contributed by atoms with Crippen molar-refractivity contribution in [2.45, 2.75) is 52.0 Å². The van der Waals surface area contributed by atoms with Crippen molar-refractivity contribution in [1.82, 2.24) is 30.7 Å². The van der Waals surface area contributed by atoms with E-state index in [-0.39, 0.29) is 17.8 Å². The molecule has 174 valence electrons. The van der Waals surface area contributed by atoms with Gasteiger partial charge in [0.05, 0.1) is 11.7 Å². The molecule has 0 saturated heterocycles. The minimum Gasteiger partial charge on any atom is -0.489 e. The number of nitrogens with zero attached hydrogens (tertiary/aromatic N) is 5. The number of anilines is 1. The highest BCUT2D eigenvalue weighted by atomic mass is 16.5. The van der Waals surface area contributed by atoms with E-state index < -0.39 is 0 Å². The first-order valence-electron chi connectivity index (χ1n) is 11.5. The predicted molar refractivity (Wildman–Crippen MR) is 121 cm³/mol. The molecule has 1 unspecified atom stereocenters. The summed E-state index contributed by atoms with van der Waals surface area (Å²) in [5.74, 6) is 3.15. The maximum absolute atomic E-state index is 12.8. The topological polar surface area (TPSA) is 122 Å². The number of nitrogens with one attached hydrogen (secondary N) is 2. The smallest absolute Gasteiger partial charge is 0.289 e. The third kappa shape index (κ3) is 4.55. The largest absolute Gasteiger partial charge is 0.489 e. The SMILES string of the molecule is Cc1nnc(-c2cc3c(cc2C)OCC(NC(=O)c2nnc(CC4CCCC4)[nH]2)CN3C)o1. The normalized spacial score (nSPS) is 18.6.